The lowest BCUT2D eigenvalue weighted by molar-refractivity contribution is -0.122. The van der Waals surface area contributed by atoms with Gasteiger partial charge in [-0.3, -0.25) is 25.8 Å². The number of rotatable bonds is 4. The molecule has 0 aliphatic carbocycles. The van der Waals surface area contributed by atoms with E-state index in [1.54, 1.807) is 12.1 Å². The lowest BCUT2D eigenvalue weighted by Gasteiger charge is -2.10. The van der Waals surface area contributed by atoms with Gasteiger partial charge in [-0.2, -0.15) is 0 Å². The minimum Gasteiger partial charge on any atom is -0.465 e. The zero-order chi connectivity index (χ0) is 18.4. The lowest BCUT2D eigenvalue weighted by Crippen LogP contribution is -2.48. The predicted octanol–water partition coefficient (Wildman–Crippen LogP) is 1.97. The van der Waals surface area contributed by atoms with Crippen molar-refractivity contribution in [1.29, 1.82) is 0 Å². The Kier molecular flexibility index (Phi) is 5.45. The van der Waals surface area contributed by atoms with Crippen molar-refractivity contribution in [2.75, 3.05) is 0 Å². The van der Waals surface area contributed by atoms with E-state index in [0.717, 1.165) is 10.9 Å². The Hall–Kier alpha value is -3.39. The molecule has 0 saturated carbocycles. The summed E-state index contributed by atoms with van der Waals surface area (Å²) in [5, 5.41) is 3.46. The van der Waals surface area contributed by atoms with Crippen molar-refractivity contribution in [2.45, 2.75) is 6.54 Å². The maximum Gasteiger partial charge on any atom is 0.258 e. The molecular weight excluding hydrogens is 352 g/mol. The highest BCUT2D eigenvalue weighted by Crippen LogP contribution is 2.14. The molecule has 3 aromatic rings. The summed E-state index contributed by atoms with van der Waals surface area (Å²) < 4.78 is 6.89. The summed E-state index contributed by atoms with van der Waals surface area (Å²) in [6.45, 7) is 0.121. The van der Waals surface area contributed by atoms with Crippen molar-refractivity contribution in [3.8, 4) is 0 Å². The first-order valence-electron chi connectivity index (χ1n) is 7.77. The van der Waals surface area contributed by atoms with E-state index in [0.29, 0.717) is 5.76 Å². The number of hydrazine groups is 1. The normalized spacial score (nSPS) is 10.8. The Morgan fingerprint density at radius 3 is 2.77 bits per heavy atom. The minimum atomic E-state index is -0.440. The van der Waals surface area contributed by atoms with Crippen LogP contribution in [0.3, 0.4) is 0 Å². The lowest BCUT2D eigenvalue weighted by atomic mass is 10.2. The fourth-order valence-electron chi connectivity index (χ4n) is 2.33. The Balaban J connectivity index is 1.45. The number of aromatic nitrogens is 1. The summed E-state index contributed by atoms with van der Waals surface area (Å²) >= 11 is 4.97. The van der Waals surface area contributed by atoms with Crippen LogP contribution in [0.1, 0.15) is 5.76 Å². The van der Waals surface area contributed by atoms with Gasteiger partial charge in [0.15, 0.2) is 5.11 Å². The Labute approximate surface area is 154 Å². The molecule has 0 bridgehead atoms. The molecule has 0 saturated heterocycles. The summed E-state index contributed by atoms with van der Waals surface area (Å²) in [6, 6.07) is 13.1. The topological polar surface area (TPSA) is 88.3 Å². The third-order valence-electron chi connectivity index (χ3n) is 3.49. The number of amides is 2. The third-order valence-corrected chi connectivity index (χ3v) is 3.69. The van der Waals surface area contributed by atoms with E-state index in [-0.39, 0.29) is 17.6 Å². The van der Waals surface area contributed by atoms with Gasteiger partial charge >= 0.3 is 0 Å². The van der Waals surface area contributed by atoms with Crippen LogP contribution < -0.4 is 16.2 Å². The first kappa shape index (κ1) is 17.4. The second kappa shape index (κ2) is 8.13. The number of para-hydroxylation sites is 1. The second-order valence-electron chi connectivity index (χ2n) is 5.34. The third kappa shape index (κ3) is 4.58. The van der Waals surface area contributed by atoms with E-state index in [9.17, 15) is 9.59 Å². The quantitative estimate of drug-likeness (QED) is 0.372. The molecule has 0 radical (unpaired) electrons. The molecule has 8 heteroatoms. The van der Waals surface area contributed by atoms with Crippen LogP contribution >= 0.6 is 12.2 Å². The van der Waals surface area contributed by atoms with Gasteiger partial charge in [-0.15, -0.1) is 0 Å². The number of fused-ring (bicyclic) bond motifs is 1. The van der Waals surface area contributed by atoms with Gasteiger partial charge in [0.05, 0.1) is 6.26 Å². The van der Waals surface area contributed by atoms with Crippen LogP contribution in [0.4, 0.5) is 0 Å². The number of carbonyl (C=O) groups excluding carboxylic acids is 2. The number of furan rings is 1. The van der Waals surface area contributed by atoms with Crippen LogP contribution in [-0.2, 0) is 16.1 Å². The molecule has 3 rings (SSSR count). The van der Waals surface area contributed by atoms with Crippen molar-refractivity contribution in [3.05, 3.63) is 66.8 Å². The molecule has 2 amide bonds. The summed E-state index contributed by atoms with van der Waals surface area (Å²) in [7, 11) is 0. The monoisotopic (exact) mass is 368 g/mol. The van der Waals surface area contributed by atoms with Crippen molar-refractivity contribution in [1.82, 2.24) is 20.7 Å². The van der Waals surface area contributed by atoms with E-state index < -0.39 is 5.91 Å². The maximum absolute atomic E-state index is 12.0. The Morgan fingerprint density at radius 1 is 1.12 bits per heavy atom. The van der Waals surface area contributed by atoms with E-state index in [2.05, 4.69) is 16.2 Å². The summed E-state index contributed by atoms with van der Waals surface area (Å²) in [4.78, 5) is 23.7. The molecule has 1 aromatic carbocycles. The van der Waals surface area contributed by atoms with Crippen molar-refractivity contribution < 1.29 is 14.0 Å². The molecule has 0 atom stereocenters. The number of hydrogen-bond acceptors (Lipinski definition) is 4. The SMILES string of the molecule is O=C(/C=C/c1ccco1)NC(=S)NNC(=O)Cn1ccc2ccccc21. The van der Waals surface area contributed by atoms with Gasteiger partial charge in [0.2, 0.25) is 5.91 Å². The second-order valence-corrected chi connectivity index (χ2v) is 5.75. The number of carbonyl (C=O) groups is 2. The number of nitrogens with one attached hydrogen (secondary N) is 3. The predicted molar refractivity (Wildman–Crippen MR) is 102 cm³/mol. The standard InChI is InChI=1S/C18H16N4O3S/c23-16(8-7-14-5-3-11-25-14)19-18(26)21-20-17(24)12-22-10-9-13-4-1-2-6-15(13)22/h1-11H,12H2,(H,20,24)(H2,19,21,23,26)/b8-7+. The van der Waals surface area contributed by atoms with Gasteiger partial charge < -0.3 is 8.98 Å². The highest BCUT2D eigenvalue weighted by molar-refractivity contribution is 7.80. The maximum atomic E-state index is 12.0. The first-order chi connectivity index (χ1) is 12.6. The molecule has 0 unspecified atom stereocenters. The van der Waals surface area contributed by atoms with Gasteiger partial charge in [0.25, 0.3) is 5.91 Å². The van der Waals surface area contributed by atoms with Crippen molar-refractivity contribution in [2.24, 2.45) is 0 Å². The molecular formula is C18H16N4O3S. The van der Waals surface area contributed by atoms with Gasteiger partial charge in [-0.1, -0.05) is 18.2 Å². The fraction of sp³-hybridized carbons (Fsp3) is 0.0556. The van der Waals surface area contributed by atoms with Gasteiger partial charge in [0, 0.05) is 17.8 Å². The number of benzene rings is 1. The number of nitrogens with zero attached hydrogens (tertiary/aromatic N) is 1. The first-order valence-corrected chi connectivity index (χ1v) is 8.18. The van der Waals surface area contributed by atoms with E-state index in [1.165, 1.54) is 18.4 Å². The number of thiocarbonyl (C=S) groups is 1. The molecule has 7 nitrogen and oxygen atoms in total. The van der Waals surface area contributed by atoms with Gasteiger partial charge in [0.1, 0.15) is 12.3 Å². The summed E-state index contributed by atoms with van der Waals surface area (Å²) in [5.74, 6) is -0.190. The zero-order valence-electron chi connectivity index (χ0n) is 13.6. The highest BCUT2D eigenvalue weighted by atomic mass is 32.1. The molecule has 2 aromatic heterocycles. The van der Waals surface area contributed by atoms with Gasteiger partial charge in [-0.05, 0) is 47.9 Å². The van der Waals surface area contributed by atoms with Crippen LogP contribution in [0, 0.1) is 0 Å². The zero-order valence-corrected chi connectivity index (χ0v) is 14.5. The Morgan fingerprint density at radius 2 is 1.96 bits per heavy atom. The average Bonchev–Trinajstić information content (AvgIpc) is 3.29. The highest BCUT2D eigenvalue weighted by Gasteiger charge is 2.07. The Bertz CT molecular complexity index is 960. The smallest absolute Gasteiger partial charge is 0.258 e. The van der Waals surface area contributed by atoms with E-state index in [4.69, 9.17) is 16.6 Å². The molecule has 0 spiro atoms. The van der Waals surface area contributed by atoms with Crippen LogP contribution in [0.25, 0.3) is 17.0 Å². The average molecular weight is 368 g/mol. The van der Waals surface area contributed by atoms with Crippen molar-refractivity contribution >= 4 is 46.1 Å². The number of hydrogen-bond donors (Lipinski definition) is 3. The van der Waals surface area contributed by atoms with Crippen LogP contribution in [0.5, 0.6) is 0 Å². The molecule has 0 fully saturated rings. The van der Waals surface area contributed by atoms with Crippen LogP contribution in [-0.4, -0.2) is 21.5 Å². The molecule has 0 aliphatic heterocycles. The molecule has 2 heterocycles. The largest absolute Gasteiger partial charge is 0.465 e. The van der Waals surface area contributed by atoms with Crippen molar-refractivity contribution in [3.63, 3.8) is 0 Å². The fourth-order valence-corrected chi connectivity index (χ4v) is 2.48. The summed E-state index contributed by atoms with van der Waals surface area (Å²) in [6.07, 6.45) is 6.13. The molecule has 0 aliphatic rings. The van der Waals surface area contributed by atoms with Crippen LogP contribution in [0.15, 0.2) is 65.4 Å². The molecule has 26 heavy (non-hydrogen) atoms. The van der Waals surface area contributed by atoms with E-state index >= 15 is 0 Å². The van der Waals surface area contributed by atoms with Gasteiger partial charge in [-0.25, -0.2) is 0 Å². The van der Waals surface area contributed by atoms with Crippen LogP contribution in [0.2, 0.25) is 0 Å². The molecule has 3 N–H and O–H groups in total. The summed E-state index contributed by atoms with van der Waals surface area (Å²) in [5.41, 5.74) is 5.91. The van der Waals surface area contributed by atoms with E-state index in [1.807, 2.05) is 41.1 Å². The minimum absolute atomic E-state index is 0.00944. The molecule has 132 valence electrons.